The highest BCUT2D eigenvalue weighted by atomic mass is 16.6. The number of nitrogens with zero attached hydrogens (tertiary/aromatic N) is 6. The van der Waals surface area contributed by atoms with Gasteiger partial charge in [-0.05, 0) is 117 Å². The molecule has 4 N–H and O–H groups in total. The molecule has 4 aromatic carbocycles. The summed E-state index contributed by atoms with van der Waals surface area (Å²) in [5, 5.41) is 24.9. The summed E-state index contributed by atoms with van der Waals surface area (Å²) < 4.78 is 62.6. The first-order valence-corrected chi connectivity index (χ1v) is 33.5. The monoisotopic (exact) mass is 1330 g/mol. The van der Waals surface area contributed by atoms with Gasteiger partial charge in [0.25, 0.3) is 0 Å². The molecule has 8 bridgehead atoms. The van der Waals surface area contributed by atoms with Crippen LogP contribution in [-0.2, 0) is 75.5 Å². The summed E-state index contributed by atoms with van der Waals surface area (Å²) >= 11 is 0. The van der Waals surface area contributed by atoms with E-state index in [4.69, 9.17) is 47.4 Å². The maximum Gasteiger partial charge on any atom is 0.408 e. The lowest BCUT2D eigenvalue weighted by Crippen LogP contribution is -2.62. The zero-order valence-corrected chi connectivity index (χ0v) is 56.1. The molecule has 6 aliphatic rings. The van der Waals surface area contributed by atoms with Crippen LogP contribution in [0.5, 0.6) is 23.0 Å². The Morgan fingerprint density at radius 1 is 0.438 bits per heavy atom. The van der Waals surface area contributed by atoms with Crippen LogP contribution in [0.3, 0.4) is 0 Å². The van der Waals surface area contributed by atoms with E-state index in [0.717, 1.165) is 0 Å². The number of benzene rings is 4. The fourth-order valence-electron chi connectivity index (χ4n) is 13.6. The van der Waals surface area contributed by atoms with E-state index in [1.807, 2.05) is 105 Å². The molecular formula is C70H94N8O18. The summed E-state index contributed by atoms with van der Waals surface area (Å²) in [6, 6.07) is 24.0. The van der Waals surface area contributed by atoms with Gasteiger partial charge in [-0.3, -0.25) is 29.4 Å². The Morgan fingerprint density at radius 2 is 0.729 bits per heavy atom. The third-order valence-electron chi connectivity index (χ3n) is 17.8. The molecule has 2 unspecified atom stereocenters. The van der Waals surface area contributed by atoms with Crippen LogP contribution in [-0.4, -0.2) is 218 Å². The third-order valence-corrected chi connectivity index (χ3v) is 17.8. The van der Waals surface area contributed by atoms with E-state index >= 15 is 9.59 Å². The van der Waals surface area contributed by atoms with E-state index in [9.17, 15) is 29.4 Å². The number of carbonyl (C=O) groups is 6. The van der Waals surface area contributed by atoms with E-state index < -0.39 is 58.7 Å². The van der Waals surface area contributed by atoms with Crippen molar-refractivity contribution in [3.05, 3.63) is 118 Å². The number of alkyl carbamates (subject to hydrolysis) is 2. The number of carboxylic acid groups (broad SMARTS) is 2. The topological polar surface area (TPSA) is 279 Å². The maximum absolute atomic E-state index is 16.5. The van der Waals surface area contributed by atoms with E-state index in [0.29, 0.717) is 148 Å². The minimum atomic E-state index is -1.53. The zero-order chi connectivity index (χ0) is 68.0. The lowest BCUT2D eigenvalue weighted by Gasteiger charge is -2.49. The molecule has 6 heterocycles. The molecule has 2 atom stereocenters. The van der Waals surface area contributed by atoms with Gasteiger partial charge in [-0.25, -0.2) is 28.8 Å². The number of hydrogen-bond donors (Lipinski definition) is 4. The van der Waals surface area contributed by atoms with Crippen LogP contribution in [0.2, 0.25) is 0 Å². The van der Waals surface area contributed by atoms with Crippen LogP contribution in [0.15, 0.2) is 84.9 Å². The second-order valence-corrected chi connectivity index (χ2v) is 26.6. The van der Waals surface area contributed by atoms with Gasteiger partial charge in [-0.2, -0.15) is 0 Å². The maximum atomic E-state index is 16.5. The number of hydrogen-bond acceptors (Lipinski definition) is 18. The van der Waals surface area contributed by atoms with Crippen molar-refractivity contribution in [3.63, 3.8) is 0 Å². The first kappa shape index (κ1) is 70.7. The van der Waals surface area contributed by atoms with Crippen molar-refractivity contribution in [2.75, 3.05) is 119 Å². The Labute approximate surface area is 561 Å². The van der Waals surface area contributed by atoms with Crippen molar-refractivity contribution in [3.8, 4) is 23.0 Å². The fourth-order valence-corrected chi connectivity index (χ4v) is 13.6. The van der Waals surface area contributed by atoms with Crippen LogP contribution < -0.4 is 29.6 Å². The molecule has 0 aromatic heterocycles. The van der Waals surface area contributed by atoms with Gasteiger partial charge in [-0.1, -0.05) is 60.7 Å². The fraction of sp³-hybridized carbons (Fsp3) is 0.571. The highest BCUT2D eigenvalue weighted by molar-refractivity contribution is 5.91. The molecule has 26 nitrogen and oxygen atoms in total. The Hall–Kier alpha value is -8.14. The van der Waals surface area contributed by atoms with Crippen molar-refractivity contribution < 1.29 is 86.3 Å². The van der Waals surface area contributed by atoms with Crippen LogP contribution in [0.4, 0.5) is 19.2 Å². The average molecular weight is 1340 g/mol. The summed E-state index contributed by atoms with van der Waals surface area (Å²) in [7, 11) is 0. The van der Waals surface area contributed by atoms with Gasteiger partial charge >= 0.3 is 36.2 Å². The van der Waals surface area contributed by atoms with Crippen LogP contribution >= 0.6 is 0 Å². The van der Waals surface area contributed by atoms with Gasteiger partial charge in [0.05, 0.1) is 79.0 Å². The molecule has 6 amide bonds. The van der Waals surface area contributed by atoms with Gasteiger partial charge in [0.2, 0.25) is 0 Å². The van der Waals surface area contributed by atoms with Crippen molar-refractivity contribution in [1.29, 1.82) is 0 Å². The Kier molecular flexibility index (Phi) is 23.4. The highest BCUT2D eigenvalue weighted by Crippen LogP contribution is 2.66. The normalized spacial score (nSPS) is 21.6. The molecule has 10 rings (SSSR count). The SMILES string of the molecule is CC(C)(C)OC(=O)NC(CCCCN1CCOCCOc2ccc3c4c2CN2C(=O)N5Cc6c(ccc(c6CN6C(=O)N(C4)C2(c2ccccc2)C56c2ccccc2)OCCOCCN(CCCCC(NC(=O)OC(C)(C)C)C(=O)O)CCOCCO3)OCCOCC1)C(=O)O. The van der Waals surface area contributed by atoms with E-state index in [1.54, 1.807) is 41.5 Å². The second-order valence-electron chi connectivity index (χ2n) is 26.6. The number of aliphatic carboxylic acids is 2. The van der Waals surface area contributed by atoms with Crippen molar-refractivity contribution in [2.45, 2.75) is 141 Å². The molecule has 96 heavy (non-hydrogen) atoms. The van der Waals surface area contributed by atoms with Crippen molar-refractivity contribution in [2.24, 2.45) is 0 Å². The smallest absolute Gasteiger partial charge is 0.408 e. The molecule has 2 fully saturated rings. The summed E-state index contributed by atoms with van der Waals surface area (Å²) in [5.74, 6) is -0.327. The molecule has 0 aliphatic carbocycles. The largest absolute Gasteiger partial charge is 0.491 e. The van der Waals surface area contributed by atoms with Crippen LogP contribution in [0.1, 0.15) is 113 Å². The number of nitrogens with one attached hydrogen (secondary N) is 2. The molecule has 0 spiro atoms. The minimum Gasteiger partial charge on any atom is -0.491 e. The van der Waals surface area contributed by atoms with Crippen LogP contribution in [0, 0.1) is 0 Å². The van der Waals surface area contributed by atoms with E-state index in [-0.39, 0.29) is 104 Å². The summed E-state index contributed by atoms with van der Waals surface area (Å²) in [6.45, 7) is 16.4. The highest BCUT2D eigenvalue weighted by Gasteiger charge is 2.81. The van der Waals surface area contributed by atoms with Gasteiger partial charge < -0.3 is 68.2 Å². The Morgan fingerprint density at radius 3 is 1.00 bits per heavy atom. The van der Waals surface area contributed by atoms with Crippen molar-refractivity contribution >= 4 is 36.2 Å². The zero-order valence-electron chi connectivity index (χ0n) is 56.1. The van der Waals surface area contributed by atoms with Crippen molar-refractivity contribution in [1.82, 2.24) is 40.0 Å². The third kappa shape index (κ3) is 16.3. The standard InChI is InChI=1S/C70H94N8O18/c1-67(2,3)95-63(83)71-55(61(79)80)21-13-15-27-73-29-33-87-37-41-91-57-23-25-59-53-47-77-66(86)78-48-54-52(46-76-65(85)75(45-51(53)57)69(77,49-17-9-7-10-18-49)70(76,78)50-19-11-8-12-20-50)58(92-42-38-88-34-30-73)24-26-60(54)94-44-40-90-36-32-74(31-35-89-39-43-93-59)28-16-14-22-56(62(81)82)72-64(84)96-68(4,5)6/h7-12,17-20,23-26,55-56H,13-16,21-22,27-48H2,1-6H3,(H,71,83)(H,72,84)(H,79,80)(H,81,82). The predicted molar refractivity (Wildman–Crippen MR) is 350 cm³/mol. The van der Waals surface area contributed by atoms with Gasteiger partial charge in [0.1, 0.15) is 72.7 Å². The number of carbonyl (C=O) groups excluding carboxylic acids is 4. The summed E-state index contributed by atoms with van der Waals surface area (Å²) in [4.78, 5) is 94.1. The number of rotatable bonds is 16. The molecule has 4 aromatic rings. The number of ether oxygens (including phenoxy) is 10. The molecule has 26 heteroatoms. The minimum absolute atomic E-state index is 0.00134. The Balaban J connectivity index is 0.972. The second kappa shape index (κ2) is 31.8. The number of amides is 6. The quantitative estimate of drug-likeness (QED) is 0.0771. The first-order valence-electron chi connectivity index (χ1n) is 33.5. The average Bonchev–Trinajstić information content (AvgIpc) is 1.47. The number of carboxylic acids is 2. The molecular weight excluding hydrogens is 1240 g/mol. The van der Waals surface area contributed by atoms with Gasteiger partial charge in [0, 0.05) is 59.6 Å². The first-order chi connectivity index (χ1) is 46.2. The molecule has 2 saturated heterocycles. The molecule has 0 radical (unpaired) electrons. The summed E-state index contributed by atoms with van der Waals surface area (Å²) in [6.07, 6.45) is 1.15. The number of urea groups is 2. The van der Waals surface area contributed by atoms with E-state index in [2.05, 4.69) is 20.4 Å². The van der Waals surface area contributed by atoms with E-state index in [1.165, 1.54) is 0 Å². The Bertz CT molecular complexity index is 3000. The van der Waals surface area contributed by atoms with Gasteiger partial charge in [-0.15, -0.1) is 0 Å². The van der Waals surface area contributed by atoms with Gasteiger partial charge in [0.15, 0.2) is 11.3 Å². The van der Waals surface area contributed by atoms with Crippen LogP contribution in [0.25, 0.3) is 0 Å². The molecule has 522 valence electrons. The molecule has 6 aliphatic heterocycles. The lowest BCUT2D eigenvalue weighted by atomic mass is 9.79. The lowest BCUT2D eigenvalue weighted by molar-refractivity contribution is -0.140. The number of unbranched alkanes of at least 4 members (excludes halogenated alkanes) is 2. The predicted octanol–water partition coefficient (Wildman–Crippen LogP) is 8.10. The molecule has 0 saturated carbocycles. The summed E-state index contributed by atoms with van der Waals surface area (Å²) in [5.41, 5.74) is -0.543.